The monoisotopic (exact) mass is 294 g/mol. The third-order valence-corrected chi connectivity index (χ3v) is 4.51. The Bertz CT molecular complexity index is 445. The second-order valence-electron chi connectivity index (χ2n) is 6.04. The molecule has 0 atom stereocenters. The molecule has 2 N–H and O–H groups in total. The number of nitrogens with zero attached hydrogens (tertiary/aromatic N) is 2. The second-order valence-corrected chi connectivity index (χ2v) is 6.44. The van der Waals surface area contributed by atoms with Crippen LogP contribution in [0.4, 0.5) is 11.8 Å². The minimum Gasteiger partial charge on any atom is -0.368 e. The molecule has 2 aliphatic carbocycles. The molecule has 2 saturated carbocycles. The number of rotatable bonds is 8. The molecule has 0 saturated heterocycles. The van der Waals surface area contributed by atoms with E-state index in [1.54, 1.807) is 6.20 Å². The van der Waals surface area contributed by atoms with Crippen molar-refractivity contribution in [1.82, 2.24) is 9.97 Å². The highest BCUT2D eigenvalue weighted by Crippen LogP contribution is 2.49. The Labute approximate surface area is 125 Å². The summed E-state index contributed by atoms with van der Waals surface area (Å²) in [6, 6.07) is 0. The molecule has 2 aliphatic rings. The van der Waals surface area contributed by atoms with Gasteiger partial charge in [-0.05, 0) is 49.9 Å². The normalized spacial score (nSPS) is 18.4. The number of nitrogens with one attached hydrogen (secondary N) is 2. The van der Waals surface area contributed by atoms with Gasteiger partial charge in [-0.3, -0.25) is 0 Å². The van der Waals surface area contributed by atoms with Crippen LogP contribution in [0.1, 0.15) is 39.0 Å². The number of anilines is 2. The van der Waals surface area contributed by atoms with Crippen LogP contribution >= 0.6 is 11.6 Å². The van der Waals surface area contributed by atoms with Crippen molar-refractivity contribution in [1.29, 1.82) is 0 Å². The SMILES string of the molecule is CCCNc1ncc(Cl)c(NCC(C2CC2)C2CC2)n1. The van der Waals surface area contributed by atoms with Crippen LogP contribution in [0, 0.1) is 17.8 Å². The van der Waals surface area contributed by atoms with Gasteiger partial charge in [0.05, 0.1) is 6.20 Å². The van der Waals surface area contributed by atoms with E-state index in [0.717, 1.165) is 43.1 Å². The number of hydrogen-bond donors (Lipinski definition) is 2. The number of aromatic nitrogens is 2. The molecule has 0 bridgehead atoms. The lowest BCUT2D eigenvalue weighted by atomic mass is 9.98. The summed E-state index contributed by atoms with van der Waals surface area (Å²) >= 11 is 6.19. The molecule has 0 aliphatic heterocycles. The molecule has 3 rings (SSSR count). The van der Waals surface area contributed by atoms with E-state index in [2.05, 4.69) is 27.5 Å². The van der Waals surface area contributed by atoms with Crippen molar-refractivity contribution >= 4 is 23.4 Å². The van der Waals surface area contributed by atoms with Gasteiger partial charge in [0.15, 0.2) is 0 Å². The molecule has 4 nitrogen and oxygen atoms in total. The van der Waals surface area contributed by atoms with Crippen LogP contribution in [0.5, 0.6) is 0 Å². The minimum absolute atomic E-state index is 0.609. The van der Waals surface area contributed by atoms with Gasteiger partial charge in [-0.15, -0.1) is 0 Å². The van der Waals surface area contributed by atoms with Crippen LogP contribution in [0.2, 0.25) is 5.02 Å². The number of hydrogen-bond acceptors (Lipinski definition) is 4. The van der Waals surface area contributed by atoms with Gasteiger partial charge in [0.25, 0.3) is 0 Å². The maximum atomic E-state index is 6.19. The van der Waals surface area contributed by atoms with Gasteiger partial charge in [-0.2, -0.15) is 4.98 Å². The molecular weight excluding hydrogens is 272 g/mol. The fourth-order valence-electron chi connectivity index (χ4n) is 2.79. The van der Waals surface area contributed by atoms with Crippen LogP contribution < -0.4 is 10.6 Å². The smallest absolute Gasteiger partial charge is 0.224 e. The summed E-state index contributed by atoms with van der Waals surface area (Å²) in [5, 5.41) is 7.26. The van der Waals surface area contributed by atoms with Gasteiger partial charge in [0.2, 0.25) is 5.95 Å². The average molecular weight is 295 g/mol. The standard InChI is InChI=1S/C15H23ClN4/c1-2-7-17-15-19-9-13(16)14(20-15)18-8-12(10-3-4-10)11-5-6-11/h9-12H,2-8H2,1H3,(H2,17,18,19,20). The van der Waals surface area contributed by atoms with Crippen LogP contribution in [-0.4, -0.2) is 23.1 Å². The molecule has 0 amide bonds. The highest BCUT2D eigenvalue weighted by Gasteiger charge is 2.41. The first kappa shape index (κ1) is 13.9. The lowest BCUT2D eigenvalue weighted by Gasteiger charge is -2.17. The first-order chi connectivity index (χ1) is 9.78. The predicted molar refractivity (Wildman–Crippen MR) is 83.3 cm³/mol. The highest BCUT2D eigenvalue weighted by molar-refractivity contribution is 6.32. The summed E-state index contributed by atoms with van der Waals surface area (Å²) in [7, 11) is 0. The fraction of sp³-hybridized carbons (Fsp3) is 0.733. The molecule has 1 aromatic rings. The lowest BCUT2D eigenvalue weighted by molar-refractivity contribution is 0.427. The Kier molecular flexibility index (Phi) is 4.29. The average Bonchev–Trinajstić information content (AvgIpc) is 3.32. The second kappa shape index (κ2) is 6.17. The Morgan fingerprint density at radius 1 is 1.25 bits per heavy atom. The van der Waals surface area contributed by atoms with Gasteiger partial charge in [0.1, 0.15) is 10.8 Å². The molecule has 0 spiro atoms. The van der Waals surface area contributed by atoms with E-state index < -0.39 is 0 Å². The Morgan fingerprint density at radius 2 is 1.95 bits per heavy atom. The molecule has 20 heavy (non-hydrogen) atoms. The molecule has 0 radical (unpaired) electrons. The van der Waals surface area contributed by atoms with Crippen LogP contribution in [0.3, 0.4) is 0 Å². The molecule has 1 aromatic heterocycles. The quantitative estimate of drug-likeness (QED) is 0.766. The van der Waals surface area contributed by atoms with E-state index >= 15 is 0 Å². The van der Waals surface area contributed by atoms with E-state index in [9.17, 15) is 0 Å². The molecule has 0 aromatic carbocycles. The highest BCUT2D eigenvalue weighted by atomic mass is 35.5. The Hall–Kier alpha value is -1.03. The van der Waals surface area contributed by atoms with Gasteiger partial charge in [0, 0.05) is 13.1 Å². The summed E-state index contributed by atoms with van der Waals surface area (Å²) in [6.45, 7) is 4.01. The van der Waals surface area contributed by atoms with E-state index in [1.165, 1.54) is 25.7 Å². The molecule has 5 heteroatoms. The summed E-state index contributed by atoms with van der Waals surface area (Å²) in [6.07, 6.45) is 8.36. The molecule has 0 unspecified atom stereocenters. The lowest BCUT2D eigenvalue weighted by Crippen LogP contribution is -2.19. The third-order valence-electron chi connectivity index (χ3n) is 4.24. The van der Waals surface area contributed by atoms with Gasteiger partial charge >= 0.3 is 0 Å². The minimum atomic E-state index is 0.609. The molecule has 2 fully saturated rings. The van der Waals surface area contributed by atoms with Crippen LogP contribution in [0.25, 0.3) is 0 Å². The first-order valence-corrected chi connectivity index (χ1v) is 8.16. The Morgan fingerprint density at radius 3 is 2.55 bits per heavy atom. The van der Waals surface area contributed by atoms with E-state index in [0.29, 0.717) is 11.0 Å². The summed E-state index contributed by atoms with van der Waals surface area (Å²) in [5.74, 6) is 4.12. The molecule has 110 valence electrons. The van der Waals surface area contributed by atoms with E-state index in [-0.39, 0.29) is 0 Å². The van der Waals surface area contributed by atoms with Crippen molar-refractivity contribution in [2.45, 2.75) is 39.0 Å². The predicted octanol–water partition coefficient (Wildman–Crippen LogP) is 3.80. The largest absolute Gasteiger partial charge is 0.368 e. The van der Waals surface area contributed by atoms with Crippen molar-refractivity contribution in [2.24, 2.45) is 17.8 Å². The zero-order chi connectivity index (χ0) is 13.9. The summed E-state index contributed by atoms with van der Waals surface area (Å²) in [5.41, 5.74) is 0. The third kappa shape index (κ3) is 3.54. The van der Waals surface area contributed by atoms with E-state index in [1.807, 2.05) is 0 Å². The van der Waals surface area contributed by atoms with Gasteiger partial charge < -0.3 is 10.6 Å². The molecular formula is C15H23ClN4. The van der Waals surface area contributed by atoms with Crippen molar-refractivity contribution in [2.75, 3.05) is 23.7 Å². The van der Waals surface area contributed by atoms with Crippen molar-refractivity contribution in [3.8, 4) is 0 Å². The maximum Gasteiger partial charge on any atom is 0.224 e. The van der Waals surface area contributed by atoms with Crippen molar-refractivity contribution < 1.29 is 0 Å². The van der Waals surface area contributed by atoms with Crippen LogP contribution in [0.15, 0.2) is 6.20 Å². The fourth-order valence-corrected chi connectivity index (χ4v) is 2.95. The first-order valence-electron chi connectivity index (χ1n) is 7.78. The maximum absolute atomic E-state index is 6.19. The molecule has 1 heterocycles. The summed E-state index contributed by atoms with van der Waals surface area (Å²) < 4.78 is 0. The van der Waals surface area contributed by atoms with Gasteiger partial charge in [-0.25, -0.2) is 4.98 Å². The summed E-state index contributed by atoms with van der Waals surface area (Å²) in [4.78, 5) is 8.68. The zero-order valence-electron chi connectivity index (χ0n) is 12.0. The van der Waals surface area contributed by atoms with E-state index in [4.69, 9.17) is 11.6 Å². The van der Waals surface area contributed by atoms with Crippen molar-refractivity contribution in [3.05, 3.63) is 11.2 Å². The Balaban J connectivity index is 1.60. The number of halogens is 1. The van der Waals surface area contributed by atoms with Gasteiger partial charge in [-0.1, -0.05) is 18.5 Å². The van der Waals surface area contributed by atoms with Crippen LogP contribution in [-0.2, 0) is 0 Å². The topological polar surface area (TPSA) is 49.8 Å². The zero-order valence-corrected chi connectivity index (χ0v) is 12.8. The van der Waals surface area contributed by atoms with Crippen molar-refractivity contribution in [3.63, 3.8) is 0 Å².